The fraction of sp³-hybridized carbons (Fsp3) is 0.385. The summed E-state index contributed by atoms with van der Waals surface area (Å²) in [6, 6.07) is 6.05. The van der Waals surface area contributed by atoms with Crippen molar-refractivity contribution < 1.29 is 18.5 Å². The van der Waals surface area contributed by atoms with Crippen LogP contribution in [-0.2, 0) is 26.6 Å². The van der Waals surface area contributed by atoms with Gasteiger partial charge in [-0.25, -0.2) is 0 Å². The second-order valence-corrected chi connectivity index (χ2v) is 10.7. The Hall–Kier alpha value is -1.32. The minimum absolute atomic E-state index is 0.0311. The maximum atomic E-state index is 10.8. The number of nitro groups is 1. The van der Waals surface area contributed by atoms with E-state index >= 15 is 0 Å². The third kappa shape index (κ3) is 5.09. The zero-order valence-electron chi connectivity index (χ0n) is 13.1. The molecule has 0 spiro atoms. The van der Waals surface area contributed by atoms with Crippen molar-refractivity contribution in [3.8, 4) is 11.4 Å². The Kier molecular flexibility index (Phi) is 6.88. The Bertz CT molecular complexity index is 745. The number of non-ortho nitro benzene ring substituents is 1. The van der Waals surface area contributed by atoms with E-state index in [2.05, 4.69) is 10.1 Å². The zero-order valence-corrected chi connectivity index (χ0v) is 15.6. The van der Waals surface area contributed by atoms with Crippen LogP contribution in [0.25, 0.3) is 11.4 Å². The van der Waals surface area contributed by atoms with E-state index in [1.165, 1.54) is 23.5 Å². The second-order valence-electron chi connectivity index (χ2n) is 4.38. The van der Waals surface area contributed by atoms with Crippen molar-refractivity contribution >= 4 is 34.6 Å². The molecule has 1 aromatic carbocycles. The van der Waals surface area contributed by atoms with Gasteiger partial charge in [0.25, 0.3) is 5.69 Å². The van der Waals surface area contributed by atoms with Gasteiger partial charge in [0.15, 0.2) is 0 Å². The second kappa shape index (κ2) is 8.68. The third-order valence-electron chi connectivity index (χ3n) is 2.70. The SMILES string of the molecule is CCOP(=S)(OCC)SCc1nc(-c2cccc([N+](=O)[O-])c2)no1. The summed E-state index contributed by atoms with van der Waals surface area (Å²) in [6.07, 6.45) is 0. The number of benzene rings is 1. The lowest BCUT2D eigenvalue weighted by Crippen LogP contribution is -1.93. The van der Waals surface area contributed by atoms with Crippen molar-refractivity contribution in [1.29, 1.82) is 0 Å². The fourth-order valence-electron chi connectivity index (χ4n) is 1.75. The Morgan fingerprint density at radius 1 is 1.38 bits per heavy atom. The maximum Gasteiger partial charge on any atom is 0.270 e. The Labute approximate surface area is 148 Å². The molecule has 1 aromatic heterocycles. The van der Waals surface area contributed by atoms with Gasteiger partial charge in [0.2, 0.25) is 17.4 Å². The highest BCUT2D eigenvalue weighted by atomic mass is 32.9. The minimum Gasteiger partial charge on any atom is -0.338 e. The standard InChI is InChI=1S/C13H16N3O5PS2/c1-3-19-22(23,20-4-2)24-9-12-14-13(15-21-12)10-6-5-7-11(8-10)16(17)18/h5-8H,3-4,9H2,1-2H3. The van der Waals surface area contributed by atoms with Crippen LogP contribution in [0.1, 0.15) is 19.7 Å². The highest BCUT2D eigenvalue weighted by molar-refractivity contribution is 8.67. The molecule has 0 fully saturated rings. The van der Waals surface area contributed by atoms with Crippen molar-refractivity contribution in [2.75, 3.05) is 13.2 Å². The Balaban J connectivity index is 2.09. The highest BCUT2D eigenvalue weighted by Crippen LogP contribution is 2.61. The number of nitro benzene ring substituents is 1. The van der Waals surface area contributed by atoms with Crippen LogP contribution < -0.4 is 0 Å². The maximum absolute atomic E-state index is 10.8. The van der Waals surface area contributed by atoms with Crippen molar-refractivity contribution in [2.24, 2.45) is 0 Å². The van der Waals surface area contributed by atoms with Gasteiger partial charge in [0, 0.05) is 17.7 Å². The molecule has 2 rings (SSSR count). The molecule has 130 valence electrons. The van der Waals surface area contributed by atoms with Crippen LogP contribution in [0.15, 0.2) is 28.8 Å². The molecule has 0 saturated heterocycles. The van der Waals surface area contributed by atoms with Crippen LogP contribution in [0.3, 0.4) is 0 Å². The molecule has 1 heterocycles. The summed E-state index contributed by atoms with van der Waals surface area (Å²) in [5.74, 6) is 0.990. The molecule has 0 radical (unpaired) electrons. The molecule has 24 heavy (non-hydrogen) atoms. The van der Waals surface area contributed by atoms with E-state index in [9.17, 15) is 10.1 Å². The third-order valence-corrected chi connectivity index (χ3v) is 8.09. The molecule has 0 aliphatic carbocycles. The van der Waals surface area contributed by atoms with E-state index in [1.807, 2.05) is 13.8 Å². The Morgan fingerprint density at radius 3 is 2.71 bits per heavy atom. The predicted molar refractivity (Wildman–Crippen MR) is 95.2 cm³/mol. The molecule has 0 bridgehead atoms. The first-order chi connectivity index (χ1) is 11.5. The molecule has 2 aromatic rings. The normalized spacial score (nSPS) is 11.6. The van der Waals surface area contributed by atoms with E-state index < -0.39 is 10.6 Å². The van der Waals surface area contributed by atoms with Gasteiger partial charge in [0.05, 0.1) is 23.9 Å². The fourth-order valence-corrected chi connectivity index (χ4v) is 5.99. The average molecular weight is 389 g/mol. The summed E-state index contributed by atoms with van der Waals surface area (Å²) in [5.41, 5.74) is -1.95. The van der Waals surface area contributed by atoms with Crippen molar-refractivity contribution in [2.45, 2.75) is 19.6 Å². The van der Waals surface area contributed by atoms with Gasteiger partial charge in [-0.15, -0.1) is 0 Å². The van der Waals surface area contributed by atoms with Crippen LogP contribution in [-0.4, -0.2) is 28.3 Å². The van der Waals surface area contributed by atoms with Crippen LogP contribution >= 0.6 is 17.1 Å². The molecule has 8 nitrogen and oxygen atoms in total. The first-order valence-corrected chi connectivity index (χ1v) is 11.3. The van der Waals surface area contributed by atoms with Gasteiger partial charge >= 0.3 is 0 Å². The highest BCUT2D eigenvalue weighted by Gasteiger charge is 2.21. The first kappa shape index (κ1) is 19.0. The molecular weight excluding hydrogens is 373 g/mol. The molecule has 11 heteroatoms. The van der Waals surface area contributed by atoms with E-state index in [-0.39, 0.29) is 11.5 Å². The monoisotopic (exact) mass is 389 g/mol. The topological polar surface area (TPSA) is 101 Å². The summed E-state index contributed by atoms with van der Waals surface area (Å²) < 4.78 is 16.2. The lowest BCUT2D eigenvalue weighted by Gasteiger charge is -2.18. The lowest BCUT2D eigenvalue weighted by molar-refractivity contribution is -0.384. The quantitative estimate of drug-likeness (QED) is 0.355. The van der Waals surface area contributed by atoms with Crippen molar-refractivity contribution in [1.82, 2.24) is 10.1 Å². The average Bonchev–Trinajstić information content (AvgIpc) is 3.03. The molecule has 0 atom stereocenters. The van der Waals surface area contributed by atoms with Crippen LogP contribution in [0.5, 0.6) is 0 Å². The number of rotatable bonds is 9. The van der Waals surface area contributed by atoms with E-state index in [0.29, 0.717) is 30.4 Å². The summed E-state index contributed by atoms with van der Waals surface area (Å²) in [7, 11) is 0. The van der Waals surface area contributed by atoms with Gasteiger partial charge in [-0.3, -0.25) is 10.1 Å². The lowest BCUT2D eigenvalue weighted by atomic mass is 10.2. The van der Waals surface area contributed by atoms with Gasteiger partial charge in [0.1, 0.15) is 0 Å². The Morgan fingerprint density at radius 2 is 2.08 bits per heavy atom. The molecular formula is C13H16N3O5PS2. The van der Waals surface area contributed by atoms with Crippen LogP contribution in [0, 0.1) is 10.1 Å². The number of hydrogen-bond donors (Lipinski definition) is 0. The summed E-state index contributed by atoms with van der Waals surface area (Å²) >= 11 is 6.73. The number of nitrogens with zero attached hydrogens (tertiary/aromatic N) is 3. The number of aromatic nitrogens is 2. The van der Waals surface area contributed by atoms with E-state index in [4.69, 9.17) is 25.4 Å². The zero-order chi connectivity index (χ0) is 17.6. The van der Waals surface area contributed by atoms with Crippen molar-refractivity contribution in [3.05, 3.63) is 40.3 Å². The molecule has 0 N–H and O–H groups in total. The first-order valence-electron chi connectivity index (χ1n) is 7.08. The van der Waals surface area contributed by atoms with Gasteiger partial charge in [-0.05, 0) is 25.7 Å². The van der Waals surface area contributed by atoms with Crippen LogP contribution in [0.4, 0.5) is 5.69 Å². The van der Waals surface area contributed by atoms with Crippen molar-refractivity contribution in [3.63, 3.8) is 0 Å². The molecule has 0 amide bonds. The van der Waals surface area contributed by atoms with Crippen LogP contribution in [0.2, 0.25) is 0 Å². The summed E-state index contributed by atoms with van der Waals surface area (Å²) in [4.78, 5) is 14.6. The number of hydrogen-bond acceptors (Lipinski definition) is 9. The molecule has 0 unspecified atom stereocenters. The smallest absolute Gasteiger partial charge is 0.270 e. The molecule has 0 aliphatic rings. The van der Waals surface area contributed by atoms with Gasteiger partial charge in [-0.1, -0.05) is 28.7 Å². The summed E-state index contributed by atoms with van der Waals surface area (Å²) in [6.45, 7) is 4.64. The van der Waals surface area contributed by atoms with Gasteiger partial charge in [-0.2, -0.15) is 4.98 Å². The largest absolute Gasteiger partial charge is 0.338 e. The molecule has 0 aliphatic heterocycles. The van der Waals surface area contributed by atoms with E-state index in [1.54, 1.807) is 12.1 Å². The van der Waals surface area contributed by atoms with Gasteiger partial charge < -0.3 is 13.6 Å². The molecule has 0 saturated carbocycles. The summed E-state index contributed by atoms with van der Waals surface area (Å²) in [5, 5.41) is 14.7. The van der Waals surface area contributed by atoms with E-state index in [0.717, 1.165) is 0 Å². The minimum atomic E-state index is -2.44. The predicted octanol–water partition coefficient (Wildman–Crippen LogP) is 4.18.